The van der Waals surface area contributed by atoms with E-state index >= 15 is 0 Å². The number of rotatable bonds is 7. The number of hydrogen-bond acceptors (Lipinski definition) is 3. The maximum atomic E-state index is 12.8. The van der Waals surface area contributed by atoms with Gasteiger partial charge in [-0.1, -0.05) is 54.6 Å². The Morgan fingerprint density at radius 1 is 1.03 bits per heavy atom. The highest BCUT2D eigenvalue weighted by Crippen LogP contribution is 2.31. The van der Waals surface area contributed by atoms with Crippen LogP contribution in [-0.2, 0) is 17.9 Å². The van der Waals surface area contributed by atoms with Crippen molar-refractivity contribution in [3.8, 4) is 5.75 Å². The molecular formula is C23H26N3O3+. The van der Waals surface area contributed by atoms with Gasteiger partial charge in [0.2, 0.25) is 0 Å². The highest BCUT2D eigenvalue weighted by Gasteiger charge is 2.21. The Labute approximate surface area is 170 Å². The summed E-state index contributed by atoms with van der Waals surface area (Å²) < 4.78 is 0. The van der Waals surface area contributed by atoms with Crippen LogP contribution in [0.25, 0.3) is 10.8 Å². The van der Waals surface area contributed by atoms with Crippen LogP contribution in [0.3, 0.4) is 0 Å². The fourth-order valence-corrected chi connectivity index (χ4v) is 3.36. The van der Waals surface area contributed by atoms with Gasteiger partial charge < -0.3 is 20.6 Å². The molecule has 0 aromatic heterocycles. The van der Waals surface area contributed by atoms with Gasteiger partial charge in [0.15, 0.2) is 6.54 Å². The second-order valence-electron chi connectivity index (χ2n) is 7.12. The predicted molar refractivity (Wildman–Crippen MR) is 113 cm³/mol. The average Bonchev–Trinajstić information content (AvgIpc) is 2.74. The number of fused-ring (bicyclic) bond motifs is 1. The molecule has 2 amide bonds. The first-order valence-corrected chi connectivity index (χ1v) is 9.57. The lowest BCUT2D eigenvalue weighted by molar-refractivity contribution is -0.885. The van der Waals surface area contributed by atoms with Gasteiger partial charge in [-0.3, -0.25) is 9.59 Å². The Kier molecular flexibility index (Phi) is 6.46. The summed E-state index contributed by atoms with van der Waals surface area (Å²) in [5.74, 6) is -0.448. The van der Waals surface area contributed by atoms with E-state index in [4.69, 9.17) is 0 Å². The summed E-state index contributed by atoms with van der Waals surface area (Å²) in [5.41, 5.74) is 1.88. The van der Waals surface area contributed by atoms with Gasteiger partial charge in [-0.15, -0.1) is 0 Å². The number of hydrogen-bond donors (Lipinski definition) is 4. The van der Waals surface area contributed by atoms with E-state index < -0.39 is 0 Å². The molecule has 1 unspecified atom stereocenters. The SMILES string of the molecule is CNC(=O)C[NH+](C)Cc1c(O)c(C(=O)NCc2ccccc2)cc2ccccc12. The molecule has 0 radical (unpaired) electrons. The van der Waals surface area contributed by atoms with Crippen LogP contribution in [0.5, 0.6) is 5.75 Å². The largest absolute Gasteiger partial charge is 0.507 e. The number of likely N-dealkylation sites (N-methyl/N-ethyl adjacent to an activating group) is 2. The van der Waals surface area contributed by atoms with E-state index in [2.05, 4.69) is 10.6 Å². The monoisotopic (exact) mass is 392 g/mol. The van der Waals surface area contributed by atoms with Crippen LogP contribution in [0.4, 0.5) is 0 Å². The number of amides is 2. The number of quaternary nitrogens is 1. The molecule has 4 N–H and O–H groups in total. The first kappa shape index (κ1) is 20.4. The van der Waals surface area contributed by atoms with Crippen molar-refractivity contribution in [2.75, 3.05) is 20.6 Å². The summed E-state index contributed by atoms with van der Waals surface area (Å²) in [4.78, 5) is 25.4. The number of carbonyl (C=O) groups is 2. The normalized spacial score (nSPS) is 11.8. The molecule has 3 aromatic rings. The minimum absolute atomic E-state index is 0.0366. The number of phenolic OH excluding ortho intramolecular Hbond substituents is 1. The van der Waals surface area contributed by atoms with Gasteiger partial charge in [-0.2, -0.15) is 0 Å². The maximum Gasteiger partial charge on any atom is 0.274 e. The van der Waals surface area contributed by atoms with Gasteiger partial charge in [0.1, 0.15) is 12.3 Å². The van der Waals surface area contributed by atoms with Crippen molar-refractivity contribution < 1.29 is 19.6 Å². The first-order valence-electron chi connectivity index (χ1n) is 9.57. The summed E-state index contributed by atoms with van der Waals surface area (Å²) in [6, 6.07) is 19.0. The molecule has 6 heteroatoms. The Morgan fingerprint density at radius 3 is 2.45 bits per heavy atom. The molecule has 6 nitrogen and oxygen atoms in total. The number of aromatic hydroxyl groups is 1. The molecule has 3 aromatic carbocycles. The molecule has 0 fully saturated rings. The van der Waals surface area contributed by atoms with E-state index in [0.717, 1.165) is 21.2 Å². The van der Waals surface area contributed by atoms with Crippen molar-refractivity contribution >= 4 is 22.6 Å². The van der Waals surface area contributed by atoms with E-state index in [0.29, 0.717) is 18.7 Å². The molecule has 0 saturated carbocycles. The van der Waals surface area contributed by atoms with Gasteiger partial charge in [0.25, 0.3) is 11.8 Å². The Bertz CT molecular complexity index is 1020. The zero-order chi connectivity index (χ0) is 20.8. The predicted octanol–water partition coefficient (Wildman–Crippen LogP) is 1.24. The van der Waals surface area contributed by atoms with Crippen LogP contribution in [0.15, 0.2) is 60.7 Å². The minimum Gasteiger partial charge on any atom is -0.507 e. The summed E-state index contributed by atoms with van der Waals surface area (Å²) >= 11 is 0. The van der Waals surface area contributed by atoms with Crippen LogP contribution >= 0.6 is 0 Å². The topological polar surface area (TPSA) is 82.9 Å². The fourth-order valence-electron chi connectivity index (χ4n) is 3.36. The number of benzene rings is 3. The summed E-state index contributed by atoms with van der Waals surface area (Å²) in [5, 5.41) is 18.2. The van der Waals surface area contributed by atoms with Crippen LogP contribution in [0, 0.1) is 0 Å². The number of nitrogens with one attached hydrogen (secondary N) is 3. The molecule has 150 valence electrons. The van der Waals surface area contributed by atoms with Crippen LogP contribution in [0.2, 0.25) is 0 Å². The lowest BCUT2D eigenvalue weighted by Gasteiger charge is -2.18. The minimum atomic E-state index is -0.331. The second-order valence-corrected chi connectivity index (χ2v) is 7.12. The third-order valence-corrected chi connectivity index (χ3v) is 4.89. The van der Waals surface area contributed by atoms with Gasteiger partial charge >= 0.3 is 0 Å². The molecule has 0 heterocycles. The molecule has 1 atom stereocenters. The van der Waals surface area contributed by atoms with E-state index in [1.165, 1.54) is 0 Å². The molecule has 0 aliphatic carbocycles. The maximum absolute atomic E-state index is 12.8. The number of phenols is 1. The quantitative estimate of drug-likeness (QED) is 0.488. The fraction of sp³-hybridized carbons (Fsp3) is 0.217. The molecule has 0 bridgehead atoms. The third-order valence-electron chi connectivity index (χ3n) is 4.89. The van der Waals surface area contributed by atoms with Crippen molar-refractivity contribution in [1.82, 2.24) is 10.6 Å². The molecule has 3 rings (SSSR count). The first-order chi connectivity index (χ1) is 14.0. The summed E-state index contributed by atoms with van der Waals surface area (Å²) in [7, 11) is 3.48. The van der Waals surface area contributed by atoms with Crippen molar-refractivity contribution in [3.63, 3.8) is 0 Å². The summed E-state index contributed by atoms with van der Waals surface area (Å²) in [6.07, 6.45) is 0. The van der Waals surface area contributed by atoms with Crippen molar-refractivity contribution in [2.45, 2.75) is 13.1 Å². The molecule has 0 saturated heterocycles. The highest BCUT2D eigenvalue weighted by molar-refractivity contribution is 6.03. The van der Waals surface area contributed by atoms with Gasteiger partial charge in [-0.05, 0) is 22.4 Å². The third kappa shape index (κ3) is 4.92. The standard InChI is InChI=1S/C23H25N3O3/c1-24-21(27)15-26(2)14-20-18-11-7-6-10-17(18)12-19(22(20)28)23(29)25-13-16-8-4-3-5-9-16/h3-12,28H,13-15H2,1-2H3,(H,24,27)(H,25,29)/p+1. The van der Waals surface area contributed by atoms with Gasteiger partial charge in [0, 0.05) is 13.6 Å². The smallest absolute Gasteiger partial charge is 0.274 e. The van der Waals surface area contributed by atoms with E-state index in [9.17, 15) is 14.7 Å². The van der Waals surface area contributed by atoms with Crippen LogP contribution < -0.4 is 15.5 Å². The molecule has 29 heavy (non-hydrogen) atoms. The zero-order valence-corrected chi connectivity index (χ0v) is 16.7. The second kappa shape index (κ2) is 9.21. The van der Waals surface area contributed by atoms with E-state index in [-0.39, 0.29) is 29.7 Å². The molecule has 0 aliphatic heterocycles. The molecule has 0 aliphatic rings. The Hall–Kier alpha value is -3.38. The zero-order valence-electron chi connectivity index (χ0n) is 16.7. The lowest BCUT2D eigenvalue weighted by atomic mass is 9.98. The molecule has 0 spiro atoms. The van der Waals surface area contributed by atoms with Gasteiger partial charge in [0.05, 0.1) is 18.2 Å². The number of carbonyl (C=O) groups excluding carboxylic acids is 2. The van der Waals surface area contributed by atoms with E-state index in [1.54, 1.807) is 13.1 Å². The van der Waals surface area contributed by atoms with Crippen LogP contribution in [-0.4, -0.2) is 37.6 Å². The van der Waals surface area contributed by atoms with Gasteiger partial charge in [-0.25, -0.2) is 0 Å². The van der Waals surface area contributed by atoms with Crippen molar-refractivity contribution in [1.29, 1.82) is 0 Å². The van der Waals surface area contributed by atoms with Crippen LogP contribution in [0.1, 0.15) is 21.5 Å². The van der Waals surface area contributed by atoms with Crippen molar-refractivity contribution in [3.05, 3.63) is 77.4 Å². The highest BCUT2D eigenvalue weighted by atomic mass is 16.3. The summed E-state index contributed by atoms with van der Waals surface area (Å²) in [6.45, 7) is 1.07. The Balaban J connectivity index is 1.90. The molecular weight excluding hydrogens is 366 g/mol. The van der Waals surface area contributed by atoms with E-state index in [1.807, 2.05) is 61.6 Å². The lowest BCUT2D eigenvalue weighted by Crippen LogP contribution is -3.08. The Morgan fingerprint density at radius 2 is 1.72 bits per heavy atom. The average molecular weight is 392 g/mol. The van der Waals surface area contributed by atoms with Crippen molar-refractivity contribution in [2.24, 2.45) is 0 Å².